The number of halogens is 3. The average molecular weight is 366 g/mol. The summed E-state index contributed by atoms with van der Waals surface area (Å²) in [6.45, 7) is 11.2. The molecule has 2 aromatic carbocycles. The van der Waals surface area contributed by atoms with Crippen molar-refractivity contribution in [1.82, 2.24) is 0 Å². The number of aliphatic hydroxyl groups is 1. The van der Waals surface area contributed by atoms with E-state index < -0.39 is 23.5 Å². The van der Waals surface area contributed by atoms with Gasteiger partial charge in [-0.2, -0.15) is 13.2 Å². The molecule has 0 amide bonds. The van der Waals surface area contributed by atoms with E-state index in [2.05, 4.69) is 6.58 Å². The fraction of sp³-hybridized carbons (Fsp3) is 0.429. The molecule has 2 rings (SSSR count). The Balaban J connectivity index is 2.44. The van der Waals surface area contributed by atoms with Crippen molar-refractivity contribution >= 4 is 16.3 Å². The molecule has 1 N–H and O–H groups in total. The van der Waals surface area contributed by atoms with Crippen LogP contribution >= 0.6 is 0 Å². The van der Waals surface area contributed by atoms with Gasteiger partial charge in [0.2, 0.25) is 0 Å². The molecule has 2 unspecified atom stereocenters. The number of hydrogen-bond donors (Lipinski definition) is 1. The molecule has 26 heavy (non-hydrogen) atoms. The zero-order chi connectivity index (χ0) is 19.9. The number of rotatable bonds is 5. The molecule has 0 fully saturated rings. The summed E-state index contributed by atoms with van der Waals surface area (Å²) >= 11 is 0. The van der Waals surface area contributed by atoms with Gasteiger partial charge in [0.1, 0.15) is 0 Å². The van der Waals surface area contributed by atoms with Gasteiger partial charge in [-0.1, -0.05) is 42.5 Å². The largest absolute Gasteiger partial charge is 0.419 e. The van der Waals surface area contributed by atoms with Gasteiger partial charge in [0.05, 0.1) is 11.7 Å². The predicted octanol–water partition coefficient (Wildman–Crippen LogP) is 5.83. The van der Waals surface area contributed by atoms with Gasteiger partial charge >= 0.3 is 6.18 Å². The predicted molar refractivity (Wildman–Crippen MR) is 98.9 cm³/mol. The van der Waals surface area contributed by atoms with E-state index in [9.17, 15) is 18.3 Å². The summed E-state index contributed by atoms with van der Waals surface area (Å²) in [5.74, 6) is 0. The maximum Gasteiger partial charge on any atom is 0.419 e. The van der Waals surface area contributed by atoms with E-state index in [1.165, 1.54) is 6.92 Å². The smallest absolute Gasteiger partial charge is 0.379 e. The van der Waals surface area contributed by atoms with E-state index in [4.69, 9.17) is 4.74 Å². The minimum absolute atomic E-state index is 0.732. The van der Waals surface area contributed by atoms with Crippen molar-refractivity contribution in [3.63, 3.8) is 0 Å². The van der Waals surface area contributed by atoms with E-state index in [-0.39, 0.29) is 0 Å². The van der Waals surface area contributed by atoms with Crippen LogP contribution in [-0.4, -0.2) is 23.0 Å². The summed E-state index contributed by atoms with van der Waals surface area (Å²) in [6, 6.07) is 11.5. The summed E-state index contributed by atoms with van der Waals surface area (Å²) < 4.78 is 45.0. The number of ether oxygens (including phenoxy) is 1. The zero-order valence-electron chi connectivity index (χ0n) is 15.7. The van der Waals surface area contributed by atoms with Gasteiger partial charge in [-0.3, -0.25) is 0 Å². The van der Waals surface area contributed by atoms with E-state index in [0.29, 0.717) is 0 Å². The van der Waals surface area contributed by atoms with Crippen molar-refractivity contribution in [2.45, 2.75) is 58.1 Å². The van der Waals surface area contributed by atoms with Crippen LogP contribution in [0, 0.1) is 0 Å². The Morgan fingerprint density at radius 1 is 1.12 bits per heavy atom. The van der Waals surface area contributed by atoms with Crippen molar-refractivity contribution in [3.8, 4) is 0 Å². The highest BCUT2D eigenvalue weighted by Crippen LogP contribution is 2.39. The standard InChI is InChI=1S/C21H25F3O2/c1-13(2)15-10-11-17-16(12-15)8-7-9-18(17)19(4,5)26-14(3)20(6,25)21(22,23)24/h7-12,14,25H,1H2,2-6H3. The minimum Gasteiger partial charge on any atom is -0.379 e. The van der Waals surface area contributed by atoms with Crippen molar-refractivity contribution < 1.29 is 23.0 Å². The second-order valence-corrected chi connectivity index (χ2v) is 7.44. The van der Waals surface area contributed by atoms with Crippen LogP contribution in [0.4, 0.5) is 13.2 Å². The lowest BCUT2D eigenvalue weighted by molar-refractivity contribution is -0.298. The highest BCUT2D eigenvalue weighted by molar-refractivity contribution is 5.89. The normalized spacial score (nSPS) is 16.3. The first-order valence-electron chi connectivity index (χ1n) is 8.43. The molecule has 0 saturated heterocycles. The lowest BCUT2D eigenvalue weighted by atomic mass is 9.90. The van der Waals surface area contributed by atoms with E-state index in [1.807, 2.05) is 43.3 Å². The topological polar surface area (TPSA) is 29.5 Å². The lowest BCUT2D eigenvalue weighted by Crippen LogP contribution is -2.53. The molecule has 0 heterocycles. The zero-order valence-corrected chi connectivity index (χ0v) is 15.7. The molecule has 0 aliphatic rings. The summed E-state index contributed by atoms with van der Waals surface area (Å²) in [4.78, 5) is 0. The summed E-state index contributed by atoms with van der Waals surface area (Å²) in [6.07, 6.45) is -6.22. The second-order valence-electron chi connectivity index (χ2n) is 7.44. The van der Waals surface area contributed by atoms with Crippen molar-refractivity contribution in [2.75, 3.05) is 0 Å². The Hall–Kier alpha value is -1.85. The number of hydrogen-bond acceptors (Lipinski definition) is 2. The Labute approximate surface area is 152 Å². The van der Waals surface area contributed by atoms with E-state index in [0.717, 1.165) is 34.4 Å². The minimum atomic E-state index is -4.78. The number of benzene rings is 2. The fourth-order valence-corrected chi connectivity index (χ4v) is 2.92. The molecular formula is C21H25F3O2. The Bertz CT molecular complexity index is 820. The molecule has 0 saturated carbocycles. The van der Waals surface area contributed by atoms with E-state index in [1.54, 1.807) is 13.8 Å². The fourth-order valence-electron chi connectivity index (χ4n) is 2.92. The molecule has 142 valence electrons. The van der Waals surface area contributed by atoms with Crippen molar-refractivity contribution in [3.05, 3.63) is 54.1 Å². The molecule has 0 aromatic heterocycles. The summed E-state index contributed by atoms with van der Waals surface area (Å²) in [7, 11) is 0. The van der Waals surface area contributed by atoms with Crippen LogP contribution in [0.15, 0.2) is 43.0 Å². The molecule has 0 aliphatic carbocycles. The van der Waals surface area contributed by atoms with Crippen LogP contribution in [0.25, 0.3) is 16.3 Å². The molecular weight excluding hydrogens is 341 g/mol. The van der Waals surface area contributed by atoms with Crippen LogP contribution < -0.4 is 0 Å². The SMILES string of the molecule is C=C(C)c1ccc2c(C(C)(C)OC(C)C(C)(O)C(F)(F)F)cccc2c1. The molecule has 0 aliphatic heterocycles. The van der Waals surface area contributed by atoms with E-state index >= 15 is 0 Å². The molecule has 2 aromatic rings. The highest BCUT2D eigenvalue weighted by atomic mass is 19.4. The van der Waals surface area contributed by atoms with Crippen LogP contribution in [0.2, 0.25) is 0 Å². The van der Waals surface area contributed by atoms with Crippen LogP contribution in [-0.2, 0) is 10.3 Å². The monoisotopic (exact) mass is 366 g/mol. The maximum atomic E-state index is 13.1. The van der Waals surface area contributed by atoms with Crippen LogP contribution in [0.5, 0.6) is 0 Å². The molecule has 0 spiro atoms. The summed E-state index contributed by atoms with van der Waals surface area (Å²) in [5.41, 5.74) is -1.28. The molecule has 0 radical (unpaired) electrons. The van der Waals surface area contributed by atoms with Gasteiger partial charge in [0.25, 0.3) is 0 Å². The van der Waals surface area contributed by atoms with Crippen molar-refractivity contribution in [1.29, 1.82) is 0 Å². The average Bonchev–Trinajstić information content (AvgIpc) is 2.52. The van der Waals surface area contributed by atoms with Crippen LogP contribution in [0.3, 0.4) is 0 Å². The second kappa shape index (κ2) is 6.71. The van der Waals surface area contributed by atoms with Gasteiger partial charge in [-0.15, -0.1) is 0 Å². The molecule has 5 heteroatoms. The molecule has 2 atom stereocenters. The Kier molecular flexibility index (Phi) is 5.28. The third kappa shape index (κ3) is 3.79. The number of alkyl halides is 3. The third-order valence-corrected chi connectivity index (χ3v) is 4.86. The number of fused-ring (bicyclic) bond motifs is 1. The van der Waals surface area contributed by atoms with Gasteiger partial charge < -0.3 is 9.84 Å². The first kappa shape index (κ1) is 20.5. The van der Waals surface area contributed by atoms with Gasteiger partial charge in [-0.25, -0.2) is 0 Å². The maximum absolute atomic E-state index is 13.1. The molecule has 0 bridgehead atoms. The quantitative estimate of drug-likeness (QED) is 0.722. The summed E-state index contributed by atoms with van der Waals surface area (Å²) in [5, 5.41) is 11.7. The van der Waals surface area contributed by atoms with Gasteiger partial charge in [-0.05, 0) is 62.6 Å². The Morgan fingerprint density at radius 3 is 2.27 bits per heavy atom. The van der Waals surface area contributed by atoms with Crippen molar-refractivity contribution in [2.24, 2.45) is 0 Å². The highest BCUT2D eigenvalue weighted by Gasteiger charge is 2.55. The van der Waals surface area contributed by atoms with Gasteiger partial charge in [0, 0.05) is 0 Å². The number of allylic oxidation sites excluding steroid dienone is 1. The first-order valence-corrected chi connectivity index (χ1v) is 8.43. The third-order valence-electron chi connectivity index (χ3n) is 4.86. The first-order chi connectivity index (χ1) is 11.8. The molecule has 2 nitrogen and oxygen atoms in total. The lowest BCUT2D eigenvalue weighted by Gasteiger charge is -2.38. The Morgan fingerprint density at radius 2 is 1.73 bits per heavy atom. The van der Waals surface area contributed by atoms with Gasteiger partial charge in [0.15, 0.2) is 5.60 Å². The van der Waals surface area contributed by atoms with Crippen LogP contribution in [0.1, 0.15) is 45.7 Å².